The van der Waals surface area contributed by atoms with Crippen LogP contribution in [0.15, 0.2) is 28.3 Å². The molecule has 0 amide bonds. The van der Waals surface area contributed by atoms with E-state index in [1.807, 2.05) is 0 Å². The van der Waals surface area contributed by atoms with Crippen LogP contribution in [0.25, 0.3) is 16.2 Å². The first-order valence-electron chi connectivity index (χ1n) is 5.00. The third-order valence-electron chi connectivity index (χ3n) is 2.46. The van der Waals surface area contributed by atoms with Gasteiger partial charge in [0.15, 0.2) is 3.92 Å². The number of nitro groups is 1. The van der Waals surface area contributed by atoms with Gasteiger partial charge in [-0.2, -0.15) is 0 Å². The van der Waals surface area contributed by atoms with Gasteiger partial charge >= 0.3 is 0 Å². The predicted octanol–water partition coefficient (Wildman–Crippen LogP) is 3.78. The van der Waals surface area contributed by atoms with Crippen LogP contribution < -0.4 is 0 Å². The Labute approximate surface area is 123 Å². The van der Waals surface area contributed by atoms with Crippen molar-refractivity contribution in [2.45, 2.75) is 0 Å². The SMILES string of the molecule is O=[N+]([O-])c1cc(-c2cn3nc(Br)sc3n2)ccc1Cl. The molecule has 0 unspecified atom stereocenters. The lowest BCUT2D eigenvalue weighted by Gasteiger charge is -1.98. The van der Waals surface area contributed by atoms with E-state index in [9.17, 15) is 10.1 Å². The Morgan fingerprint density at radius 1 is 1.47 bits per heavy atom. The Hall–Kier alpha value is -1.51. The zero-order valence-corrected chi connectivity index (χ0v) is 12.2. The molecule has 0 N–H and O–H groups in total. The highest BCUT2D eigenvalue weighted by Gasteiger charge is 2.15. The lowest BCUT2D eigenvalue weighted by atomic mass is 10.1. The Morgan fingerprint density at radius 2 is 2.26 bits per heavy atom. The number of hydrogen-bond donors (Lipinski definition) is 0. The quantitative estimate of drug-likeness (QED) is 0.515. The van der Waals surface area contributed by atoms with Gasteiger partial charge in [-0.3, -0.25) is 10.1 Å². The van der Waals surface area contributed by atoms with E-state index in [0.29, 0.717) is 16.2 Å². The van der Waals surface area contributed by atoms with E-state index in [4.69, 9.17) is 11.6 Å². The van der Waals surface area contributed by atoms with E-state index in [0.717, 1.165) is 3.92 Å². The molecule has 0 saturated heterocycles. The fraction of sp³-hybridized carbons (Fsp3) is 0. The second-order valence-electron chi connectivity index (χ2n) is 3.63. The molecule has 3 aromatic rings. The van der Waals surface area contributed by atoms with Crippen molar-refractivity contribution in [3.8, 4) is 11.3 Å². The topological polar surface area (TPSA) is 73.3 Å². The van der Waals surface area contributed by atoms with Crippen LogP contribution in [0, 0.1) is 10.1 Å². The van der Waals surface area contributed by atoms with Crippen molar-refractivity contribution in [3.63, 3.8) is 0 Å². The second kappa shape index (κ2) is 4.55. The lowest BCUT2D eigenvalue weighted by Crippen LogP contribution is -1.90. The van der Waals surface area contributed by atoms with Gasteiger partial charge in [0.1, 0.15) is 5.02 Å². The van der Waals surface area contributed by atoms with Crippen molar-refractivity contribution in [2.24, 2.45) is 0 Å². The molecule has 2 aromatic heterocycles. The van der Waals surface area contributed by atoms with Crippen molar-refractivity contribution in [1.29, 1.82) is 0 Å². The fourth-order valence-electron chi connectivity index (χ4n) is 1.63. The summed E-state index contributed by atoms with van der Waals surface area (Å²) in [6.45, 7) is 0. The predicted molar refractivity (Wildman–Crippen MR) is 75.7 cm³/mol. The highest BCUT2D eigenvalue weighted by atomic mass is 79.9. The van der Waals surface area contributed by atoms with Gasteiger partial charge in [0.25, 0.3) is 5.69 Å². The first-order valence-corrected chi connectivity index (χ1v) is 6.99. The summed E-state index contributed by atoms with van der Waals surface area (Å²) in [5, 5.41) is 15.1. The van der Waals surface area contributed by atoms with Crippen LogP contribution >= 0.6 is 38.9 Å². The van der Waals surface area contributed by atoms with E-state index in [1.165, 1.54) is 23.5 Å². The van der Waals surface area contributed by atoms with Gasteiger partial charge in [-0.1, -0.05) is 29.0 Å². The second-order valence-corrected chi connectivity index (χ2v) is 6.27. The van der Waals surface area contributed by atoms with Gasteiger partial charge in [0, 0.05) is 11.6 Å². The molecule has 0 atom stereocenters. The summed E-state index contributed by atoms with van der Waals surface area (Å²) < 4.78 is 2.34. The number of nitro benzene ring substituents is 1. The molecule has 0 spiro atoms. The van der Waals surface area contributed by atoms with Gasteiger partial charge < -0.3 is 0 Å². The molecule has 0 aliphatic heterocycles. The average molecular weight is 360 g/mol. The van der Waals surface area contributed by atoms with Crippen molar-refractivity contribution in [1.82, 2.24) is 14.6 Å². The number of imidazole rings is 1. The van der Waals surface area contributed by atoms with Crippen LogP contribution in [0.2, 0.25) is 5.02 Å². The van der Waals surface area contributed by atoms with Crippen molar-refractivity contribution in [2.75, 3.05) is 0 Å². The highest BCUT2D eigenvalue weighted by molar-refractivity contribution is 9.11. The number of benzene rings is 1. The summed E-state index contributed by atoms with van der Waals surface area (Å²) in [6, 6.07) is 4.59. The Balaban J connectivity index is 2.12. The van der Waals surface area contributed by atoms with Crippen LogP contribution in [-0.2, 0) is 0 Å². The largest absolute Gasteiger partial charge is 0.288 e. The highest BCUT2D eigenvalue weighted by Crippen LogP contribution is 2.31. The van der Waals surface area contributed by atoms with E-state index in [-0.39, 0.29) is 10.7 Å². The molecule has 9 heteroatoms. The van der Waals surface area contributed by atoms with Gasteiger partial charge in [-0.25, -0.2) is 9.50 Å². The minimum atomic E-state index is -0.515. The van der Waals surface area contributed by atoms with Crippen LogP contribution in [0.3, 0.4) is 0 Å². The van der Waals surface area contributed by atoms with E-state index < -0.39 is 4.92 Å². The van der Waals surface area contributed by atoms with Crippen LogP contribution in [0.1, 0.15) is 0 Å². The molecule has 2 heterocycles. The Kier molecular flexibility index (Phi) is 3.00. The van der Waals surface area contributed by atoms with Crippen LogP contribution in [0.4, 0.5) is 5.69 Å². The van der Waals surface area contributed by atoms with E-state index in [1.54, 1.807) is 16.8 Å². The Bertz CT molecular complexity index is 769. The number of hydrogen-bond acceptors (Lipinski definition) is 5. The lowest BCUT2D eigenvalue weighted by molar-refractivity contribution is -0.384. The molecule has 3 rings (SSSR count). The molecular formula is C10H4BrClN4O2S. The number of nitrogens with zero attached hydrogens (tertiary/aromatic N) is 4. The average Bonchev–Trinajstić information content (AvgIpc) is 2.86. The van der Waals surface area contributed by atoms with E-state index >= 15 is 0 Å². The number of halogens is 2. The summed E-state index contributed by atoms with van der Waals surface area (Å²) in [5.74, 6) is 0. The molecule has 0 radical (unpaired) electrons. The Morgan fingerprint density at radius 3 is 2.95 bits per heavy atom. The maximum atomic E-state index is 10.9. The van der Waals surface area contributed by atoms with Gasteiger partial charge in [0.05, 0.1) is 16.8 Å². The summed E-state index contributed by atoms with van der Waals surface area (Å²) in [4.78, 5) is 15.4. The fourth-order valence-corrected chi connectivity index (χ4v) is 3.03. The van der Waals surface area contributed by atoms with Gasteiger partial charge in [0.2, 0.25) is 4.96 Å². The van der Waals surface area contributed by atoms with E-state index in [2.05, 4.69) is 26.0 Å². The zero-order valence-electron chi connectivity index (χ0n) is 9.08. The molecule has 1 aromatic carbocycles. The summed E-state index contributed by atoms with van der Waals surface area (Å²) in [7, 11) is 0. The molecule has 0 aliphatic carbocycles. The maximum Gasteiger partial charge on any atom is 0.288 e. The van der Waals surface area contributed by atoms with Gasteiger partial charge in [-0.15, -0.1) is 5.10 Å². The van der Waals surface area contributed by atoms with Crippen LogP contribution in [0.5, 0.6) is 0 Å². The molecule has 0 bridgehead atoms. The van der Waals surface area contributed by atoms with Crippen molar-refractivity contribution < 1.29 is 4.92 Å². The first-order chi connectivity index (χ1) is 9.04. The summed E-state index contributed by atoms with van der Waals surface area (Å²) in [6.07, 6.45) is 1.71. The zero-order chi connectivity index (χ0) is 13.6. The third kappa shape index (κ3) is 2.22. The molecule has 96 valence electrons. The molecule has 0 saturated carbocycles. The minimum Gasteiger partial charge on any atom is -0.258 e. The van der Waals surface area contributed by atoms with Crippen molar-refractivity contribution in [3.05, 3.63) is 43.4 Å². The number of fused-ring (bicyclic) bond motifs is 1. The molecule has 6 nitrogen and oxygen atoms in total. The monoisotopic (exact) mass is 358 g/mol. The maximum absolute atomic E-state index is 10.9. The first kappa shape index (κ1) is 12.5. The standard InChI is InChI=1S/C10H4BrClN4O2S/c11-9-14-15-4-7(13-10(15)19-9)5-1-2-6(12)8(3-5)16(17)18/h1-4H. The molecule has 19 heavy (non-hydrogen) atoms. The van der Waals surface area contributed by atoms with Crippen molar-refractivity contribution >= 4 is 49.5 Å². The molecular weight excluding hydrogens is 356 g/mol. The van der Waals surface area contributed by atoms with Crippen LogP contribution in [-0.4, -0.2) is 19.5 Å². The molecule has 0 aliphatic rings. The summed E-state index contributed by atoms with van der Waals surface area (Å²) in [5.41, 5.74) is 1.11. The van der Waals surface area contributed by atoms with Gasteiger partial charge in [-0.05, 0) is 22.0 Å². The smallest absolute Gasteiger partial charge is 0.258 e. The molecule has 0 fully saturated rings. The third-order valence-corrected chi connectivity index (χ3v) is 4.13. The normalized spacial score (nSPS) is 11.1. The number of aromatic nitrogens is 3. The number of rotatable bonds is 2. The summed E-state index contributed by atoms with van der Waals surface area (Å²) >= 11 is 10.4. The minimum absolute atomic E-state index is 0.107.